The molecule has 1 atom stereocenters. The maximum Gasteiger partial charge on any atom is 0.0771 e. The van der Waals surface area contributed by atoms with Crippen LogP contribution in [0.25, 0.3) is 0 Å². The van der Waals surface area contributed by atoms with Crippen LogP contribution in [-0.2, 0) is 4.74 Å². The van der Waals surface area contributed by atoms with Gasteiger partial charge >= 0.3 is 0 Å². The van der Waals surface area contributed by atoms with E-state index < -0.39 is 6.10 Å². The summed E-state index contributed by atoms with van der Waals surface area (Å²) in [5.41, 5.74) is 0. The number of aliphatic hydroxyl groups is 2. The van der Waals surface area contributed by atoms with Crippen molar-refractivity contribution in [1.82, 2.24) is 0 Å². The fraction of sp³-hybridized carbons (Fsp3) is 1.00. The molecule has 0 amide bonds. The minimum Gasteiger partial charge on any atom is -0.394 e. The molecule has 0 fully saturated rings. The molecule has 2 N–H and O–H groups in total. The van der Waals surface area contributed by atoms with E-state index in [1.165, 1.54) is 0 Å². The van der Waals surface area contributed by atoms with Gasteiger partial charge in [-0.1, -0.05) is 0 Å². The molecular formula is C6H14O3. The first-order chi connectivity index (χ1) is 4.31. The lowest BCUT2D eigenvalue weighted by Gasteiger charge is -2.04. The number of ether oxygens (including phenoxy) is 1. The van der Waals surface area contributed by atoms with E-state index in [2.05, 4.69) is 0 Å². The highest BCUT2D eigenvalue weighted by Gasteiger charge is 1.99. The van der Waals surface area contributed by atoms with E-state index >= 15 is 0 Å². The normalized spacial score (nSPS) is 13.7. The Morgan fingerprint density at radius 2 is 2.22 bits per heavy atom. The Balaban J connectivity index is 2.88. The fourth-order valence-electron chi connectivity index (χ4n) is 0.555. The van der Waals surface area contributed by atoms with Gasteiger partial charge in [0, 0.05) is 13.7 Å². The lowest BCUT2D eigenvalue weighted by Crippen LogP contribution is -2.12. The Kier molecular flexibility index (Phi) is 5.93. The van der Waals surface area contributed by atoms with Crippen LogP contribution in [0.1, 0.15) is 12.8 Å². The quantitative estimate of drug-likeness (QED) is 0.510. The maximum absolute atomic E-state index is 8.78. The van der Waals surface area contributed by atoms with E-state index in [0.29, 0.717) is 13.0 Å². The van der Waals surface area contributed by atoms with Gasteiger partial charge in [0.15, 0.2) is 0 Å². The van der Waals surface area contributed by atoms with Crippen LogP contribution in [0.4, 0.5) is 0 Å². The molecule has 0 bridgehead atoms. The van der Waals surface area contributed by atoms with Crippen LogP contribution >= 0.6 is 0 Å². The molecule has 1 unspecified atom stereocenters. The average molecular weight is 134 g/mol. The van der Waals surface area contributed by atoms with Crippen molar-refractivity contribution < 1.29 is 14.9 Å². The molecule has 0 aromatic heterocycles. The topological polar surface area (TPSA) is 49.7 Å². The van der Waals surface area contributed by atoms with Crippen LogP contribution in [0.2, 0.25) is 0 Å². The highest BCUT2D eigenvalue weighted by atomic mass is 16.5. The standard InChI is InChI=1S/C6H14O3/c1-9-4-2-3-6(8)5-7/h6-8H,2-5H2,1H3. The molecule has 0 aliphatic heterocycles. The largest absolute Gasteiger partial charge is 0.394 e. The lowest BCUT2D eigenvalue weighted by atomic mass is 10.2. The van der Waals surface area contributed by atoms with E-state index in [4.69, 9.17) is 14.9 Å². The van der Waals surface area contributed by atoms with Crippen LogP contribution in [0.5, 0.6) is 0 Å². The Morgan fingerprint density at radius 3 is 2.67 bits per heavy atom. The molecule has 0 aliphatic carbocycles. The summed E-state index contributed by atoms with van der Waals surface area (Å²) < 4.78 is 4.74. The van der Waals surface area contributed by atoms with Crippen molar-refractivity contribution in [2.75, 3.05) is 20.3 Å². The highest BCUT2D eigenvalue weighted by Crippen LogP contribution is 1.94. The molecular weight excluding hydrogens is 120 g/mol. The molecule has 56 valence electrons. The Morgan fingerprint density at radius 1 is 1.56 bits per heavy atom. The summed E-state index contributed by atoms with van der Waals surface area (Å²) in [5.74, 6) is 0. The molecule has 0 spiro atoms. The van der Waals surface area contributed by atoms with Crippen molar-refractivity contribution in [1.29, 1.82) is 0 Å². The number of methoxy groups -OCH3 is 1. The van der Waals surface area contributed by atoms with Gasteiger partial charge in [-0.2, -0.15) is 0 Å². The summed E-state index contributed by atoms with van der Waals surface area (Å²) in [6.07, 6.45) is 0.850. The molecule has 0 aromatic carbocycles. The second-order valence-corrected chi connectivity index (χ2v) is 1.97. The van der Waals surface area contributed by atoms with Crippen molar-refractivity contribution in [3.63, 3.8) is 0 Å². The lowest BCUT2D eigenvalue weighted by molar-refractivity contribution is 0.0777. The van der Waals surface area contributed by atoms with Crippen molar-refractivity contribution in [2.45, 2.75) is 18.9 Å². The van der Waals surface area contributed by atoms with E-state index in [9.17, 15) is 0 Å². The molecule has 9 heavy (non-hydrogen) atoms. The van der Waals surface area contributed by atoms with Gasteiger partial charge in [-0.3, -0.25) is 0 Å². The van der Waals surface area contributed by atoms with E-state index in [1.54, 1.807) is 7.11 Å². The SMILES string of the molecule is COCCCC(O)CO. The first-order valence-corrected chi connectivity index (χ1v) is 3.09. The van der Waals surface area contributed by atoms with Crippen molar-refractivity contribution in [3.05, 3.63) is 0 Å². The van der Waals surface area contributed by atoms with E-state index in [-0.39, 0.29) is 6.61 Å². The zero-order valence-corrected chi connectivity index (χ0v) is 5.71. The maximum atomic E-state index is 8.78. The third kappa shape index (κ3) is 5.76. The van der Waals surface area contributed by atoms with E-state index in [0.717, 1.165) is 6.42 Å². The summed E-state index contributed by atoms with van der Waals surface area (Å²) in [6.45, 7) is 0.501. The molecule has 3 heteroatoms. The van der Waals surface area contributed by atoms with Crippen molar-refractivity contribution >= 4 is 0 Å². The third-order valence-electron chi connectivity index (χ3n) is 1.10. The predicted octanol–water partition coefficient (Wildman–Crippen LogP) is -0.234. The summed E-state index contributed by atoms with van der Waals surface area (Å²) in [5, 5.41) is 17.1. The first-order valence-electron chi connectivity index (χ1n) is 3.09. The summed E-state index contributed by atoms with van der Waals surface area (Å²) in [7, 11) is 1.62. The van der Waals surface area contributed by atoms with Gasteiger partial charge in [-0.05, 0) is 12.8 Å². The molecule has 3 nitrogen and oxygen atoms in total. The Hall–Kier alpha value is -0.120. The predicted molar refractivity (Wildman–Crippen MR) is 34.2 cm³/mol. The molecule has 0 rings (SSSR count). The Bertz CT molecular complexity index is 56.3. The van der Waals surface area contributed by atoms with Gasteiger partial charge in [0.25, 0.3) is 0 Å². The smallest absolute Gasteiger partial charge is 0.0771 e. The summed E-state index contributed by atoms with van der Waals surface area (Å²) in [6, 6.07) is 0. The van der Waals surface area contributed by atoms with Gasteiger partial charge in [0.05, 0.1) is 12.7 Å². The average Bonchev–Trinajstić information content (AvgIpc) is 1.89. The second kappa shape index (κ2) is 6.01. The van der Waals surface area contributed by atoms with Gasteiger partial charge in [-0.25, -0.2) is 0 Å². The van der Waals surface area contributed by atoms with Crippen molar-refractivity contribution in [2.24, 2.45) is 0 Å². The molecule has 0 saturated heterocycles. The Labute approximate surface area is 55.3 Å². The fourth-order valence-corrected chi connectivity index (χ4v) is 0.555. The molecule has 0 saturated carbocycles. The second-order valence-electron chi connectivity index (χ2n) is 1.97. The number of rotatable bonds is 5. The molecule has 0 heterocycles. The van der Waals surface area contributed by atoms with Gasteiger partial charge < -0.3 is 14.9 Å². The third-order valence-corrected chi connectivity index (χ3v) is 1.10. The summed E-state index contributed by atoms with van der Waals surface area (Å²) in [4.78, 5) is 0. The number of hydrogen-bond acceptors (Lipinski definition) is 3. The molecule has 0 radical (unpaired) electrons. The van der Waals surface area contributed by atoms with Crippen LogP contribution in [-0.4, -0.2) is 36.6 Å². The highest BCUT2D eigenvalue weighted by molar-refractivity contribution is 4.50. The molecule has 0 aromatic rings. The van der Waals surface area contributed by atoms with Crippen LogP contribution in [0.3, 0.4) is 0 Å². The number of aliphatic hydroxyl groups excluding tert-OH is 2. The zero-order valence-electron chi connectivity index (χ0n) is 5.71. The minimum absolute atomic E-state index is 0.149. The van der Waals surface area contributed by atoms with Gasteiger partial charge in [-0.15, -0.1) is 0 Å². The van der Waals surface area contributed by atoms with Crippen LogP contribution in [0.15, 0.2) is 0 Å². The number of hydrogen-bond donors (Lipinski definition) is 2. The zero-order chi connectivity index (χ0) is 7.11. The van der Waals surface area contributed by atoms with Crippen molar-refractivity contribution in [3.8, 4) is 0 Å². The summed E-state index contributed by atoms with van der Waals surface area (Å²) >= 11 is 0. The monoisotopic (exact) mass is 134 g/mol. The van der Waals surface area contributed by atoms with Crippen LogP contribution < -0.4 is 0 Å². The first kappa shape index (κ1) is 8.88. The van der Waals surface area contributed by atoms with E-state index in [1.807, 2.05) is 0 Å². The van der Waals surface area contributed by atoms with Gasteiger partial charge in [0.2, 0.25) is 0 Å². The molecule has 0 aliphatic rings. The minimum atomic E-state index is -0.569. The van der Waals surface area contributed by atoms with Crippen LogP contribution in [0, 0.1) is 0 Å². The van der Waals surface area contributed by atoms with Gasteiger partial charge in [0.1, 0.15) is 0 Å².